The minimum absolute atomic E-state index is 0.114. The highest BCUT2D eigenvalue weighted by molar-refractivity contribution is 6.15. The van der Waals surface area contributed by atoms with Gasteiger partial charge in [-0.15, -0.1) is 0 Å². The van der Waals surface area contributed by atoms with Crippen molar-refractivity contribution in [3.05, 3.63) is 53.8 Å². The maximum Gasteiger partial charge on any atom is 0.387 e. The summed E-state index contributed by atoms with van der Waals surface area (Å²) in [5.41, 5.74) is 0.0260. The van der Waals surface area contributed by atoms with E-state index in [4.69, 9.17) is 14.2 Å². The van der Waals surface area contributed by atoms with E-state index < -0.39 is 35.9 Å². The number of carbonyl (C=O) groups excluding carboxylic acids is 1. The molecule has 4 rings (SSSR count). The lowest BCUT2D eigenvalue weighted by molar-refractivity contribution is -0.142. The van der Waals surface area contributed by atoms with E-state index >= 15 is 4.39 Å². The van der Waals surface area contributed by atoms with Crippen molar-refractivity contribution in [1.82, 2.24) is 4.57 Å². The van der Waals surface area contributed by atoms with E-state index in [0.717, 1.165) is 10.6 Å². The Balaban J connectivity index is 2.01. The van der Waals surface area contributed by atoms with Gasteiger partial charge in [-0.2, -0.15) is 8.78 Å². The van der Waals surface area contributed by atoms with Crippen LogP contribution in [0.3, 0.4) is 0 Å². The van der Waals surface area contributed by atoms with Crippen molar-refractivity contribution >= 4 is 27.5 Å². The van der Waals surface area contributed by atoms with E-state index in [1.54, 1.807) is 39.0 Å². The van der Waals surface area contributed by atoms with Crippen LogP contribution >= 0.6 is 0 Å². The maximum atomic E-state index is 15.2. The number of rotatable bonds is 8. The van der Waals surface area contributed by atoms with Crippen LogP contribution in [0.4, 0.5) is 13.2 Å². The molecule has 0 bridgehead atoms. The van der Waals surface area contributed by atoms with E-state index in [1.807, 2.05) is 0 Å². The molecule has 10 heteroatoms. The van der Waals surface area contributed by atoms with Gasteiger partial charge in [0, 0.05) is 10.8 Å². The lowest BCUT2D eigenvalue weighted by atomic mass is 10.0. The fraction of sp³-hybridized carbons (Fsp3) is 0.269. The van der Waals surface area contributed by atoms with Crippen molar-refractivity contribution in [3.8, 4) is 28.9 Å². The van der Waals surface area contributed by atoms with E-state index in [-0.39, 0.29) is 46.7 Å². The number of benzene rings is 3. The Morgan fingerprint density at radius 1 is 0.972 bits per heavy atom. The van der Waals surface area contributed by atoms with E-state index in [1.165, 1.54) is 18.2 Å². The smallest absolute Gasteiger partial charge is 0.387 e. The van der Waals surface area contributed by atoms with Gasteiger partial charge >= 0.3 is 12.6 Å². The van der Waals surface area contributed by atoms with Crippen LogP contribution in [0.25, 0.3) is 27.2 Å². The lowest BCUT2D eigenvalue weighted by Crippen LogP contribution is -2.08. The number of nitrogens with zero attached hydrogens (tertiary/aromatic N) is 1. The van der Waals surface area contributed by atoms with Crippen LogP contribution in [-0.2, 0) is 16.0 Å². The number of aromatic nitrogens is 1. The van der Waals surface area contributed by atoms with Crippen LogP contribution in [0.2, 0.25) is 0 Å². The maximum absolute atomic E-state index is 15.2. The fourth-order valence-electron chi connectivity index (χ4n) is 4.14. The van der Waals surface area contributed by atoms with Crippen LogP contribution in [0.15, 0.2) is 42.5 Å². The molecule has 0 amide bonds. The first kappa shape index (κ1) is 25.0. The van der Waals surface area contributed by atoms with Crippen LogP contribution in [0.5, 0.6) is 23.3 Å². The van der Waals surface area contributed by atoms with Gasteiger partial charge in [-0.1, -0.05) is 30.3 Å². The van der Waals surface area contributed by atoms with Gasteiger partial charge in [0.25, 0.3) is 0 Å². The first-order valence-electron chi connectivity index (χ1n) is 11.2. The molecular formula is C26H24F3NO6. The van der Waals surface area contributed by atoms with Gasteiger partial charge < -0.3 is 24.4 Å². The third-order valence-corrected chi connectivity index (χ3v) is 5.46. The van der Waals surface area contributed by atoms with Gasteiger partial charge in [-0.3, -0.25) is 4.79 Å². The van der Waals surface area contributed by atoms with Crippen molar-refractivity contribution in [2.24, 2.45) is 0 Å². The molecule has 0 spiro atoms. The molecule has 1 heterocycles. The Morgan fingerprint density at radius 3 is 2.06 bits per heavy atom. The summed E-state index contributed by atoms with van der Waals surface area (Å²) in [6, 6.07) is 10.1. The number of hydrogen-bond acceptors (Lipinski definition) is 6. The Kier molecular flexibility index (Phi) is 6.87. The summed E-state index contributed by atoms with van der Waals surface area (Å²) in [4.78, 5) is 11.8. The quantitative estimate of drug-likeness (QED) is 0.294. The summed E-state index contributed by atoms with van der Waals surface area (Å²) in [5, 5.41) is 22.5. The Bertz CT molecular complexity index is 1370. The number of hydrogen-bond donors (Lipinski definition) is 2. The summed E-state index contributed by atoms with van der Waals surface area (Å²) >= 11 is 0. The van der Waals surface area contributed by atoms with Crippen molar-refractivity contribution < 1.29 is 42.4 Å². The molecule has 0 unspecified atom stereocenters. The van der Waals surface area contributed by atoms with Crippen molar-refractivity contribution in [2.45, 2.75) is 39.9 Å². The number of carbonyl (C=O) groups is 1. The molecular weight excluding hydrogens is 479 g/mol. The third-order valence-electron chi connectivity index (χ3n) is 5.46. The first-order valence-corrected chi connectivity index (χ1v) is 11.2. The topological polar surface area (TPSA) is 90.2 Å². The third kappa shape index (κ3) is 4.46. The zero-order chi connectivity index (χ0) is 26.1. The SMILES string of the molecule is CCOC(=O)Cc1ccc(-n2c(O)c3c(OC(C)C)c4ccccc4c(OC(F)F)c3c2O)c(F)c1. The Morgan fingerprint density at radius 2 is 1.56 bits per heavy atom. The molecule has 7 nitrogen and oxygen atoms in total. The summed E-state index contributed by atoms with van der Waals surface area (Å²) < 4.78 is 58.4. The predicted octanol–water partition coefficient (Wildman–Crippen LogP) is 5.83. The molecule has 2 N–H and O–H groups in total. The summed E-state index contributed by atoms with van der Waals surface area (Å²) in [6.07, 6.45) is -0.567. The molecule has 0 aliphatic heterocycles. The number of alkyl halides is 2. The molecule has 0 saturated heterocycles. The van der Waals surface area contributed by atoms with Gasteiger partial charge in [0.15, 0.2) is 0 Å². The number of aromatic hydroxyl groups is 2. The van der Waals surface area contributed by atoms with E-state index in [0.29, 0.717) is 10.9 Å². The van der Waals surface area contributed by atoms with Crippen molar-refractivity contribution in [1.29, 1.82) is 0 Å². The molecule has 1 aromatic heterocycles. The Labute approximate surface area is 204 Å². The average molecular weight is 503 g/mol. The zero-order valence-electron chi connectivity index (χ0n) is 19.7. The second-order valence-electron chi connectivity index (χ2n) is 8.25. The molecule has 0 radical (unpaired) electrons. The summed E-state index contributed by atoms with van der Waals surface area (Å²) in [6.45, 7) is 2.06. The minimum Gasteiger partial charge on any atom is -0.494 e. The van der Waals surface area contributed by atoms with Crippen molar-refractivity contribution in [2.75, 3.05) is 6.61 Å². The van der Waals surface area contributed by atoms with Crippen LogP contribution < -0.4 is 9.47 Å². The zero-order valence-corrected chi connectivity index (χ0v) is 19.7. The Hall–Kier alpha value is -4.08. The number of fused-ring (bicyclic) bond motifs is 2. The fourth-order valence-corrected chi connectivity index (χ4v) is 4.14. The van der Waals surface area contributed by atoms with Gasteiger partial charge in [0.2, 0.25) is 11.8 Å². The number of esters is 1. The molecule has 0 aliphatic carbocycles. The number of halogens is 3. The molecule has 0 atom stereocenters. The van der Waals surface area contributed by atoms with Crippen LogP contribution in [0, 0.1) is 5.82 Å². The largest absolute Gasteiger partial charge is 0.494 e. The molecule has 0 saturated carbocycles. The summed E-state index contributed by atoms with van der Waals surface area (Å²) in [5.74, 6) is -3.07. The van der Waals surface area contributed by atoms with Gasteiger partial charge in [-0.25, -0.2) is 8.96 Å². The first-order chi connectivity index (χ1) is 17.1. The predicted molar refractivity (Wildman–Crippen MR) is 127 cm³/mol. The molecule has 36 heavy (non-hydrogen) atoms. The van der Waals surface area contributed by atoms with Gasteiger partial charge in [-0.05, 0) is 38.5 Å². The highest BCUT2D eigenvalue weighted by Crippen LogP contribution is 2.53. The normalized spacial score (nSPS) is 11.6. The molecule has 0 aliphatic rings. The van der Waals surface area contributed by atoms with Crippen LogP contribution in [-0.4, -0.2) is 40.1 Å². The van der Waals surface area contributed by atoms with Crippen molar-refractivity contribution in [3.63, 3.8) is 0 Å². The number of ether oxygens (including phenoxy) is 3. The minimum atomic E-state index is -3.24. The molecule has 4 aromatic rings. The lowest BCUT2D eigenvalue weighted by Gasteiger charge is -2.17. The van der Waals surface area contributed by atoms with Gasteiger partial charge in [0.1, 0.15) is 17.3 Å². The van der Waals surface area contributed by atoms with E-state index in [9.17, 15) is 23.8 Å². The second-order valence-corrected chi connectivity index (χ2v) is 8.25. The van der Waals surface area contributed by atoms with E-state index in [2.05, 4.69) is 0 Å². The average Bonchev–Trinajstić information content (AvgIpc) is 3.06. The second kappa shape index (κ2) is 9.88. The standard InChI is InChI=1S/C26H24F3NO6/c1-4-34-19(31)12-14-9-10-18(17(27)11-14)30-24(32)20-21(25(30)33)23(36-26(28)29)16-8-6-5-7-15(16)22(20)35-13(2)3/h5-11,13,26,32-33H,4,12H2,1-3H3. The van der Waals surface area contributed by atoms with Gasteiger partial charge in [0.05, 0.1) is 35.6 Å². The highest BCUT2D eigenvalue weighted by Gasteiger charge is 2.30. The van der Waals surface area contributed by atoms with Crippen LogP contribution in [0.1, 0.15) is 26.3 Å². The highest BCUT2D eigenvalue weighted by atomic mass is 19.3. The molecule has 3 aromatic carbocycles. The molecule has 0 fully saturated rings. The monoisotopic (exact) mass is 503 g/mol. The summed E-state index contributed by atoms with van der Waals surface area (Å²) in [7, 11) is 0. The molecule has 190 valence electrons.